The highest BCUT2D eigenvalue weighted by Gasteiger charge is 2.36. The molecule has 2 rings (SSSR count). The van der Waals surface area contributed by atoms with E-state index in [0.29, 0.717) is 11.4 Å². The number of nitrogens with one attached hydrogen (secondary N) is 1. The molecule has 0 saturated heterocycles. The van der Waals surface area contributed by atoms with E-state index in [1.54, 1.807) is 12.1 Å². The van der Waals surface area contributed by atoms with Crippen molar-refractivity contribution in [1.82, 2.24) is 10.6 Å². The number of carboxylic acid groups (broad SMARTS) is 1. The summed E-state index contributed by atoms with van der Waals surface area (Å²) < 4.78 is 0. The third-order valence-electron chi connectivity index (χ3n) is 4.68. The van der Waals surface area contributed by atoms with Gasteiger partial charge < -0.3 is 5.11 Å². The Morgan fingerprint density at radius 3 is 2.07 bits per heavy atom. The summed E-state index contributed by atoms with van der Waals surface area (Å²) in [5, 5.41) is 9.88. The molecule has 0 spiro atoms. The first-order valence-electron chi connectivity index (χ1n) is 9.84. The summed E-state index contributed by atoms with van der Waals surface area (Å²) in [6, 6.07) is 6.35. The van der Waals surface area contributed by atoms with Gasteiger partial charge in [0.05, 0.1) is 11.1 Å². The van der Waals surface area contributed by atoms with Gasteiger partial charge in [-0.25, -0.2) is 9.68 Å². The standard InChI is InChI=1S/C20H28N2O6/c1-2-3-4-5-6-7-8-9-14-17(20(25)26)27-28-21-22-18(23)15-12-10-11-13-16(15)19(22)24/h10-13,17,21H,2-9,14H2,1H3,(H,25,26). The quantitative estimate of drug-likeness (QED) is 0.215. The van der Waals surface area contributed by atoms with Gasteiger partial charge in [-0.2, -0.15) is 5.01 Å². The first-order valence-corrected chi connectivity index (χ1v) is 9.84. The molecule has 1 atom stereocenters. The van der Waals surface area contributed by atoms with E-state index in [2.05, 4.69) is 17.5 Å². The van der Waals surface area contributed by atoms with Crippen molar-refractivity contribution in [2.45, 2.75) is 70.8 Å². The molecule has 2 amide bonds. The van der Waals surface area contributed by atoms with Gasteiger partial charge in [-0.3, -0.25) is 9.59 Å². The molecule has 154 valence electrons. The normalized spacial score (nSPS) is 14.4. The van der Waals surface area contributed by atoms with Crippen LogP contribution in [0.5, 0.6) is 0 Å². The molecule has 0 radical (unpaired) electrons. The first kappa shape index (κ1) is 22.0. The Balaban J connectivity index is 1.68. The van der Waals surface area contributed by atoms with Crippen LogP contribution in [0, 0.1) is 0 Å². The van der Waals surface area contributed by atoms with E-state index in [1.165, 1.54) is 37.8 Å². The van der Waals surface area contributed by atoms with Crippen LogP contribution in [0.2, 0.25) is 0 Å². The molecule has 28 heavy (non-hydrogen) atoms. The number of rotatable bonds is 14. The first-order chi connectivity index (χ1) is 13.6. The Morgan fingerprint density at radius 1 is 1.00 bits per heavy atom. The zero-order valence-electron chi connectivity index (χ0n) is 16.2. The lowest BCUT2D eigenvalue weighted by Gasteiger charge is -2.16. The number of hydrogen-bond acceptors (Lipinski definition) is 6. The number of carbonyl (C=O) groups is 3. The molecule has 1 aromatic carbocycles. The summed E-state index contributed by atoms with van der Waals surface area (Å²) in [7, 11) is 0. The third-order valence-corrected chi connectivity index (χ3v) is 4.68. The van der Waals surface area contributed by atoms with Gasteiger partial charge in [-0.1, -0.05) is 76.0 Å². The molecule has 1 aliphatic heterocycles. The van der Waals surface area contributed by atoms with Crippen LogP contribution in [0.3, 0.4) is 0 Å². The van der Waals surface area contributed by atoms with E-state index in [9.17, 15) is 19.5 Å². The van der Waals surface area contributed by atoms with Crippen LogP contribution in [-0.2, 0) is 14.7 Å². The molecule has 0 fully saturated rings. The van der Waals surface area contributed by atoms with Crippen LogP contribution in [0.15, 0.2) is 24.3 Å². The van der Waals surface area contributed by atoms with Crippen molar-refractivity contribution in [3.8, 4) is 0 Å². The molecule has 0 bridgehead atoms. The summed E-state index contributed by atoms with van der Waals surface area (Å²) in [6.45, 7) is 2.18. The number of carboxylic acids is 1. The predicted molar refractivity (Wildman–Crippen MR) is 101 cm³/mol. The highest BCUT2D eigenvalue weighted by atomic mass is 17.3. The Labute approximate surface area is 164 Å². The van der Waals surface area contributed by atoms with Crippen molar-refractivity contribution in [2.75, 3.05) is 0 Å². The van der Waals surface area contributed by atoms with Gasteiger partial charge >= 0.3 is 5.97 Å². The lowest BCUT2D eigenvalue weighted by atomic mass is 10.1. The van der Waals surface area contributed by atoms with Crippen molar-refractivity contribution >= 4 is 17.8 Å². The van der Waals surface area contributed by atoms with Gasteiger partial charge in [0.2, 0.25) is 0 Å². The second-order valence-corrected chi connectivity index (χ2v) is 6.85. The molecule has 1 aliphatic rings. The van der Waals surface area contributed by atoms with E-state index >= 15 is 0 Å². The maximum Gasteiger partial charge on any atom is 0.336 e. The Bertz CT molecular complexity index is 643. The van der Waals surface area contributed by atoms with Gasteiger partial charge in [0.25, 0.3) is 11.8 Å². The summed E-state index contributed by atoms with van der Waals surface area (Å²) >= 11 is 0. The molecule has 0 aliphatic carbocycles. The number of unbranched alkanes of at least 4 members (excludes halogenated alkanes) is 7. The molecule has 0 saturated carbocycles. The summed E-state index contributed by atoms with van der Waals surface area (Å²) in [5.41, 5.74) is 2.59. The number of hydrazine groups is 1. The number of imide groups is 1. The number of benzene rings is 1. The highest BCUT2D eigenvalue weighted by molar-refractivity contribution is 6.20. The van der Waals surface area contributed by atoms with Crippen molar-refractivity contribution < 1.29 is 29.4 Å². The second kappa shape index (κ2) is 11.5. The molecule has 1 aromatic rings. The van der Waals surface area contributed by atoms with Crippen molar-refractivity contribution in [1.29, 1.82) is 0 Å². The number of carbonyl (C=O) groups excluding carboxylic acids is 2. The van der Waals surface area contributed by atoms with Crippen LogP contribution < -0.4 is 5.59 Å². The Kier molecular flexibility index (Phi) is 9.06. The number of amides is 2. The van der Waals surface area contributed by atoms with E-state index in [-0.39, 0.29) is 17.5 Å². The lowest BCUT2D eigenvalue weighted by molar-refractivity contribution is -0.376. The number of hydrogen-bond donors (Lipinski definition) is 2. The number of nitrogens with zero attached hydrogens (tertiary/aromatic N) is 1. The summed E-state index contributed by atoms with van der Waals surface area (Å²) in [5.74, 6) is -2.33. The van der Waals surface area contributed by atoms with Gasteiger partial charge in [-0.15, -0.1) is 4.99 Å². The largest absolute Gasteiger partial charge is 0.479 e. The zero-order valence-corrected chi connectivity index (χ0v) is 16.2. The maximum atomic E-state index is 12.1. The smallest absolute Gasteiger partial charge is 0.336 e. The fourth-order valence-electron chi connectivity index (χ4n) is 3.07. The molecule has 0 aromatic heterocycles. The minimum Gasteiger partial charge on any atom is -0.479 e. The minimum atomic E-state index is -1.18. The fraction of sp³-hybridized carbons (Fsp3) is 0.550. The van der Waals surface area contributed by atoms with Crippen molar-refractivity contribution in [2.24, 2.45) is 0 Å². The van der Waals surface area contributed by atoms with Crippen LogP contribution >= 0.6 is 0 Å². The fourth-order valence-corrected chi connectivity index (χ4v) is 3.07. The average molecular weight is 392 g/mol. The lowest BCUT2D eigenvalue weighted by Crippen LogP contribution is -2.43. The predicted octanol–water partition coefficient (Wildman–Crippen LogP) is 3.63. The van der Waals surface area contributed by atoms with Crippen LogP contribution in [0.1, 0.15) is 85.4 Å². The van der Waals surface area contributed by atoms with E-state index in [1.807, 2.05) is 0 Å². The molecule has 8 heteroatoms. The number of aliphatic carboxylic acids is 1. The molecular formula is C20H28N2O6. The van der Waals surface area contributed by atoms with Crippen molar-refractivity contribution in [3.63, 3.8) is 0 Å². The van der Waals surface area contributed by atoms with E-state index < -0.39 is 23.9 Å². The van der Waals surface area contributed by atoms with Crippen molar-refractivity contribution in [3.05, 3.63) is 35.4 Å². The Morgan fingerprint density at radius 2 is 1.54 bits per heavy atom. The molecule has 2 N–H and O–H groups in total. The van der Waals surface area contributed by atoms with Crippen LogP contribution in [0.25, 0.3) is 0 Å². The van der Waals surface area contributed by atoms with Crippen LogP contribution in [-0.4, -0.2) is 34.0 Å². The molecule has 8 nitrogen and oxygen atoms in total. The minimum absolute atomic E-state index is 0.248. The van der Waals surface area contributed by atoms with E-state index in [0.717, 1.165) is 19.3 Å². The van der Waals surface area contributed by atoms with E-state index in [4.69, 9.17) is 4.89 Å². The zero-order chi connectivity index (χ0) is 20.4. The highest BCUT2D eigenvalue weighted by Crippen LogP contribution is 2.20. The van der Waals surface area contributed by atoms with Gasteiger partial charge in [-0.05, 0) is 18.6 Å². The monoisotopic (exact) mass is 392 g/mol. The SMILES string of the molecule is CCCCCCCCCCC(OONN1C(=O)c2ccccc2C1=O)C(=O)O. The third kappa shape index (κ3) is 6.12. The maximum absolute atomic E-state index is 12.1. The number of fused-ring (bicyclic) bond motifs is 1. The molecule has 1 unspecified atom stereocenters. The summed E-state index contributed by atoms with van der Waals surface area (Å²) in [6.07, 6.45) is 7.86. The summed E-state index contributed by atoms with van der Waals surface area (Å²) in [4.78, 5) is 45.1. The van der Waals surface area contributed by atoms with Gasteiger partial charge in [0.15, 0.2) is 6.10 Å². The van der Waals surface area contributed by atoms with Gasteiger partial charge in [0.1, 0.15) is 0 Å². The Hall–Kier alpha value is -2.29. The van der Waals surface area contributed by atoms with Gasteiger partial charge in [0, 0.05) is 0 Å². The molecular weight excluding hydrogens is 364 g/mol. The molecule has 1 heterocycles. The average Bonchev–Trinajstić information content (AvgIpc) is 2.93. The topological polar surface area (TPSA) is 105 Å². The van der Waals surface area contributed by atoms with Crippen LogP contribution in [0.4, 0.5) is 0 Å². The second-order valence-electron chi connectivity index (χ2n) is 6.85.